The number of aromatic nitrogens is 5. The first-order chi connectivity index (χ1) is 19.2. The van der Waals surface area contributed by atoms with Crippen molar-refractivity contribution >= 4 is 17.5 Å². The molecule has 0 bridgehead atoms. The van der Waals surface area contributed by atoms with Gasteiger partial charge in [0.1, 0.15) is 24.3 Å². The molecule has 1 unspecified atom stereocenters. The molecule has 4 rings (SSSR count). The number of aliphatic carboxylic acids is 1. The van der Waals surface area contributed by atoms with Gasteiger partial charge in [-0.2, -0.15) is 0 Å². The fraction of sp³-hybridized carbons (Fsp3) is 0.231. The smallest absolute Gasteiger partial charge is 0.350 e. The first kappa shape index (κ1) is 29.4. The van der Waals surface area contributed by atoms with Crippen LogP contribution in [0.4, 0.5) is 10.1 Å². The highest BCUT2D eigenvalue weighted by molar-refractivity contribution is 5.95. The zero-order valence-corrected chi connectivity index (χ0v) is 21.8. The van der Waals surface area contributed by atoms with E-state index in [1.54, 1.807) is 42.5 Å². The molecular weight excluding hydrogens is 523 g/mol. The van der Waals surface area contributed by atoms with Crippen molar-refractivity contribution in [3.05, 3.63) is 93.9 Å². The number of carbonyl (C=O) groups is 1. The average molecular weight is 553 g/mol. The van der Waals surface area contributed by atoms with Gasteiger partial charge in [0.15, 0.2) is 5.82 Å². The molecule has 0 saturated carbocycles. The van der Waals surface area contributed by atoms with E-state index < -0.39 is 24.4 Å². The van der Waals surface area contributed by atoms with Gasteiger partial charge in [-0.3, -0.25) is 15.2 Å². The van der Waals surface area contributed by atoms with Crippen LogP contribution in [0.25, 0.3) is 5.95 Å². The van der Waals surface area contributed by atoms with E-state index in [1.165, 1.54) is 19.5 Å². The van der Waals surface area contributed by atoms with Gasteiger partial charge in [0, 0.05) is 30.6 Å². The van der Waals surface area contributed by atoms with Crippen LogP contribution in [0.3, 0.4) is 0 Å². The normalized spacial score (nSPS) is 11.2. The van der Waals surface area contributed by atoms with Crippen LogP contribution < -0.4 is 21.5 Å². The molecule has 2 heterocycles. The number of nitrogen functional groups attached to an aromatic ring is 1. The van der Waals surface area contributed by atoms with E-state index in [2.05, 4.69) is 25.4 Å². The number of anilines is 1. The molecule has 210 valence electrons. The molecule has 0 radical (unpaired) electrons. The SMILES string of the molecule is CC(=O)O.COc1cc(COCCF)cc(C(Nc2ccc(C(=N)N)cc2)c2nn(-c3ncccn3)c(=O)[nH]2)c1. The number of carboxylic acids is 1. The van der Waals surface area contributed by atoms with Crippen LogP contribution in [0.5, 0.6) is 5.75 Å². The lowest BCUT2D eigenvalue weighted by Crippen LogP contribution is -2.18. The number of amidine groups is 1. The highest BCUT2D eigenvalue weighted by Crippen LogP contribution is 2.29. The number of carboxylic acid groups (broad SMARTS) is 1. The maximum absolute atomic E-state index is 12.7. The Bertz CT molecular complexity index is 1470. The molecule has 14 heteroatoms. The fourth-order valence-electron chi connectivity index (χ4n) is 3.53. The minimum Gasteiger partial charge on any atom is -0.497 e. The minimum absolute atomic E-state index is 0.0223. The number of halogens is 1. The molecule has 0 aliphatic carbocycles. The second kappa shape index (κ2) is 14.2. The monoisotopic (exact) mass is 552 g/mol. The molecule has 0 aliphatic heterocycles. The standard InChI is InChI=1S/C24H25FN8O3.C2H4O2/c1-35-19-12-15(14-36-10-7-25)11-17(13-19)20(30-18-5-3-16(4-6-18)21(26)27)22-31-24(34)33(32-22)23-28-8-2-9-29-23;1-2(3)4/h2-6,8-9,11-13,20,30H,7,10,14H2,1H3,(H3,26,27)(H,31,32,34);1H3,(H,3,4). The Morgan fingerprint density at radius 3 is 2.50 bits per heavy atom. The summed E-state index contributed by atoms with van der Waals surface area (Å²) in [5.74, 6) is 0.0977. The van der Waals surface area contributed by atoms with Crippen molar-refractivity contribution < 1.29 is 23.8 Å². The summed E-state index contributed by atoms with van der Waals surface area (Å²) in [5.41, 5.74) is 7.78. The molecule has 13 nitrogen and oxygen atoms in total. The first-order valence-electron chi connectivity index (χ1n) is 11.9. The highest BCUT2D eigenvalue weighted by Gasteiger charge is 2.22. The zero-order valence-electron chi connectivity index (χ0n) is 21.8. The van der Waals surface area contributed by atoms with Crippen LogP contribution in [0.2, 0.25) is 0 Å². The Balaban J connectivity index is 0.00000103. The molecule has 4 aromatic rings. The van der Waals surface area contributed by atoms with Crippen LogP contribution in [0.1, 0.15) is 35.5 Å². The zero-order chi connectivity index (χ0) is 29.1. The van der Waals surface area contributed by atoms with Gasteiger partial charge in [0.25, 0.3) is 11.9 Å². The quantitative estimate of drug-likeness (QED) is 0.105. The lowest BCUT2D eigenvalue weighted by molar-refractivity contribution is -0.134. The Morgan fingerprint density at radius 2 is 1.90 bits per heavy atom. The Kier molecular flexibility index (Phi) is 10.4. The van der Waals surface area contributed by atoms with Crippen molar-refractivity contribution in [2.24, 2.45) is 5.73 Å². The summed E-state index contributed by atoms with van der Waals surface area (Å²) < 4.78 is 24.4. The second-order valence-electron chi connectivity index (χ2n) is 8.22. The number of nitrogens with one attached hydrogen (secondary N) is 3. The summed E-state index contributed by atoms with van der Waals surface area (Å²) in [6, 6.07) is 13.4. The van der Waals surface area contributed by atoms with E-state index in [4.69, 9.17) is 30.5 Å². The molecule has 0 amide bonds. The summed E-state index contributed by atoms with van der Waals surface area (Å²) in [6.45, 7) is 0.653. The van der Waals surface area contributed by atoms with Crippen molar-refractivity contribution in [2.75, 3.05) is 25.7 Å². The molecule has 0 aliphatic rings. The Hall–Kier alpha value is -5.11. The maximum atomic E-state index is 12.7. The predicted molar refractivity (Wildman–Crippen MR) is 145 cm³/mol. The number of nitrogens with two attached hydrogens (primary N) is 1. The molecule has 0 saturated heterocycles. The summed E-state index contributed by atoms with van der Waals surface area (Å²) in [6.07, 6.45) is 3.03. The molecule has 6 N–H and O–H groups in total. The number of benzene rings is 2. The topological polar surface area (TPSA) is 194 Å². The second-order valence-corrected chi connectivity index (χ2v) is 8.22. The number of ether oxygens (including phenoxy) is 2. The highest BCUT2D eigenvalue weighted by atomic mass is 19.1. The molecule has 0 fully saturated rings. The van der Waals surface area contributed by atoms with E-state index in [0.29, 0.717) is 28.4 Å². The van der Waals surface area contributed by atoms with Gasteiger partial charge >= 0.3 is 5.69 Å². The summed E-state index contributed by atoms with van der Waals surface area (Å²) in [7, 11) is 1.54. The predicted octanol–water partition coefficient (Wildman–Crippen LogP) is 2.42. The van der Waals surface area contributed by atoms with Crippen LogP contribution in [0.15, 0.2) is 65.7 Å². The lowest BCUT2D eigenvalue weighted by Gasteiger charge is -2.20. The molecule has 40 heavy (non-hydrogen) atoms. The van der Waals surface area contributed by atoms with E-state index in [1.807, 2.05) is 6.07 Å². The summed E-state index contributed by atoms with van der Waals surface area (Å²) >= 11 is 0. The number of nitrogens with zero attached hydrogens (tertiary/aromatic N) is 4. The average Bonchev–Trinajstić information content (AvgIpc) is 3.33. The molecule has 2 aromatic carbocycles. The van der Waals surface area contributed by atoms with Gasteiger partial charge in [0.2, 0.25) is 0 Å². The van der Waals surface area contributed by atoms with Crippen LogP contribution in [-0.2, 0) is 16.1 Å². The molecule has 2 aromatic heterocycles. The van der Waals surface area contributed by atoms with E-state index in [-0.39, 0.29) is 25.0 Å². The van der Waals surface area contributed by atoms with Crippen molar-refractivity contribution in [2.45, 2.75) is 19.6 Å². The lowest BCUT2D eigenvalue weighted by atomic mass is 10.0. The largest absolute Gasteiger partial charge is 0.497 e. The number of methoxy groups -OCH3 is 1. The van der Waals surface area contributed by atoms with Crippen molar-refractivity contribution in [1.29, 1.82) is 5.41 Å². The van der Waals surface area contributed by atoms with Gasteiger partial charge in [-0.25, -0.2) is 19.2 Å². The molecule has 1 atom stereocenters. The maximum Gasteiger partial charge on any atom is 0.350 e. The third-order valence-electron chi connectivity index (χ3n) is 5.20. The number of alkyl halides is 1. The van der Waals surface area contributed by atoms with E-state index in [0.717, 1.165) is 17.2 Å². The van der Waals surface area contributed by atoms with Gasteiger partial charge in [-0.15, -0.1) is 9.78 Å². The first-order valence-corrected chi connectivity index (χ1v) is 11.9. The summed E-state index contributed by atoms with van der Waals surface area (Å²) in [5, 5.41) is 22.8. The van der Waals surface area contributed by atoms with Gasteiger partial charge in [-0.1, -0.05) is 6.07 Å². The van der Waals surface area contributed by atoms with Crippen molar-refractivity contribution in [3.63, 3.8) is 0 Å². The summed E-state index contributed by atoms with van der Waals surface area (Å²) in [4.78, 5) is 32.7. The number of hydrogen-bond donors (Lipinski definition) is 5. The molecule has 0 spiro atoms. The van der Waals surface area contributed by atoms with Gasteiger partial charge < -0.3 is 25.6 Å². The third kappa shape index (κ3) is 8.19. The van der Waals surface area contributed by atoms with Crippen LogP contribution in [-0.4, -0.2) is 62.0 Å². The number of aromatic amines is 1. The van der Waals surface area contributed by atoms with Gasteiger partial charge in [0.05, 0.1) is 20.3 Å². The Morgan fingerprint density at radius 1 is 1.23 bits per heavy atom. The number of hydrogen-bond acceptors (Lipinski definition) is 9. The fourth-order valence-corrected chi connectivity index (χ4v) is 3.53. The van der Waals surface area contributed by atoms with Crippen LogP contribution >= 0.6 is 0 Å². The Labute approximate surface area is 228 Å². The third-order valence-corrected chi connectivity index (χ3v) is 5.20. The van der Waals surface area contributed by atoms with Gasteiger partial charge in [-0.05, 0) is 53.6 Å². The van der Waals surface area contributed by atoms with Crippen LogP contribution in [0, 0.1) is 5.41 Å². The number of rotatable bonds is 11. The van der Waals surface area contributed by atoms with E-state index in [9.17, 15) is 9.18 Å². The van der Waals surface area contributed by atoms with E-state index >= 15 is 0 Å². The van der Waals surface area contributed by atoms with Crippen molar-refractivity contribution in [3.8, 4) is 11.7 Å². The van der Waals surface area contributed by atoms with Crippen molar-refractivity contribution in [1.82, 2.24) is 24.7 Å². The number of H-pyrrole nitrogens is 1. The molecular formula is C26H29FN8O5. The minimum atomic E-state index is -0.833.